The molecule has 0 radical (unpaired) electrons. The van der Waals surface area contributed by atoms with Gasteiger partial charge >= 0.3 is 6.18 Å². The third-order valence-corrected chi connectivity index (χ3v) is 4.83. The van der Waals surface area contributed by atoms with Gasteiger partial charge in [0.2, 0.25) is 5.90 Å². The molecule has 0 fully saturated rings. The van der Waals surface area contributed by atoms with Crippen molar-refractivity contribution in [3.05, 3.63) is 83.5 Å². The highest BCUT2D eigenvalue weighted by molar-refractivity contribution is 6.14. The van der Waals surface area contributed by atoms with Gasteiger partial charge in [0.1, 0.15) is 12.9 Å². The molecular formula is C27H33F3N6O2. The van der Waals surface area contributed by atoms with Crippen molar-refractivity contribution in [2.24, 2.45) is 20.2 Å². The fourth-order valence-electron chi connectivity index (χ4n) is 2.90. The largest absolute Gasteiger partial charge is 0.494 e. The van der Waals surface area contributed by atoms with Gasteiger partial charge in [0.05, 0.1) is 29.7 Å². The summed E-state index contributed by atoms with van der Waals surface area (Å²) in [4.78, 5) is 14.7. The molecule has 0 aromatic carbocycles. The molecule has 38 heavy (non-hydrogen) atoms. The topological polar surface area (TPSA) is 84.0 Å². The van der Waals surface area contributed by atoms with Crippen molar-refractivity contribution in [3.63, 3.8) is 0 Å². The third-order valence-electron chi connectivity index (χ3n) is 4.83. The van der Waals surface area contributed by atoms with Gasteiger partial charge in [-0.3, -0.25) is 9.98 Å². The second-order valence-electron chi connectivity index (χ2n) is 7.91. The SMILES string of the molecule is C=C/C(=C\C=C(/C)OC/C(C)=C(/C=NC)C(=NC(=C)c1cncc(CN(C)/C=N\N=C)c1)OC)C(F)(F)F. The highest BCUT2D eigenvalue weighted by atomic mass is 19.4. The number of hydrogen-bond donors (Lipinski definition) is 0. The highest BCUT2D eigenvalue weighted by Gasteiger charge is 2.30. The Morgan fingerprint density at radius 2 is 1.92 bits per heavy atom. The lowest BCUT2D eigenvalue weighted by atomic mass is 10.1. The molecule has 1 rings (SSSR count). The lowest BCUT2D eigenvalue weighted by Gasteiger charge is -2.14. The molecule has 204 valence electrons. The Hall–Kier alpha value is -4.28. The van der Waals surface area contributed by atoms with Crippen molar-refractivity contribution in [2.45, 2.75) is 26.6 Å². The molecule has 0 N–H and O–H groups in total. The van der Waals surface area contributed by atoms with E-state index < -0.39 is 11.7 Å². The number of ether oxygens (including phenoxy) is 2. The second kappa shape index (κ2) is 15.7. The smallest absolute Gasteiger partial charge is 0.416 e. The summed E-state index contributed by atoms with van der Waals surface area (Å²) in [6, 6.07) is 1.89. The van der Waals surface area contributed by atoms with Gasteiger partial charge < -0.3 is 14.4 Å². The van der Waals surface area contributed by atoms with Crippen molar-refractivity contribution in [2.75, 3.05) is 27.8 Å². The molecular weight excluding hydrogens is 497 g/mol. The number of alkyl halides is 3. The second-order valence-corrected chi connectivity index (χ2v) is 7.91. The van der Waals surface area contributed by atoms with E-state index in [1.807, 2.05) is 18.0 Å². The molecule has 0 aliphatic heterocycles. The van der Waals surface area contributed by atoms with E-state index in [4.69, 9.17) is 9.47 Å². The number of rotatable bonds is 13. The maximum absolute atomic E-state index is 12.9. The van der Waals surface area contributed by atoms with Crippen LogP contribution in [0.3, 0.4) is 0 Å². The third kappa shape index (κ3) is 10.8. The van der Waals surface area contributed by atoms with Gasteiger partial charge in [-0.05, 0) is 43.2 Å². The zero-order chi connectivity index (χ0) is 28.7. The zero-order valence-electron chi connectivity index (χ0n) is 22.3. The molecule has 8 nitrogen and oxygen atoms in total. The van der Waals surface area contributed by atoms with Crippen molar-refractivity contribution >= 4 is 30.9 Å². The summed E-state index contributed by atoms with van der Waals surface area (Å²) >= 11 is 0. The maximum Gasteiger partial charge on any atom is 0.416 e. The number of pyridine rings is 1. The van der Waals surface area contributed by atoms with Gasteiger partial charge in [-0.2, -0.15) is 18.3 Å². The van der Waals surface area contributed by atoms with Gasteiger partial charge in [-0.25, -0.2) is 4.99 Å². The van der Waals surface area contributed by atoms with Crippen LogP contribution in [0, 0.1) is 0 Å². The molecule has 1 aromatic rings. The molecule has 0 spiro atoms. The maximum atomic E-state index is 12.9. The lowest BCUT2D eigenvalue weighted by molar-refractivity contribution is -0.0881. The molecule has 0 aliphatic carbocycles. The Kier molecular flexibility index (Phi) is 13.2. The normalized spacial score (nSPS) is 13.9. The van der Waals surface area contributed by atoms with Crippen LogP contribution < -0.4 is 0 Å². The summed E-state index contributed by atoms with van der Waals surface area (Å²) in [5.74, 6) is 0.517. The van der Waals surface area contributed by atoms with E-state index in [0.29, 0.717) is 29.0 Å². The molecule has 0 aliphatic rings. The van der Waals surface area contributed by atoms with Crippen molar-refractivity contribution in [1.29, 1.82) is 0 Å². The lowest BCUT2D eigenvalue weighted by Crippen LogP contribution is -2.15. The quantitative estimate of drug-likeness (QED) is 0.106. The molecule has 0 saturated heterocycles. The van der Waals surface area contributed by atoms with E-state index in [1.54, 1.807) is 45.8 Å². The first-order valence-electron chi connectivity index (χ1n) is 11.2. The molecule has 0 unspecified atom stereocenters. The molecule has 0 bridgehead atoms. The van der Waals surface area contributed by atoms with E-state index in [2.05, 4.69) is 45.0 Å². The van der Waals surface area contributed by atoms with Gasteiger partial charge in [0.15, 0.2) is 0 Å². The minimum absolute atomic E-state index is 0.0618. The zero-order valence-corrected chi connectivity index (χ0v) is 22.3. The van der Waals surface area contributed by atoms with Crippen molar-refractivity contribution in [3.8, 4) is 0 Å². The average Bonchev–Trinajstić information content (AvgIpc) is 2.87. The minimum atomic E-state index is -4.49. The first-order valence-corrected chi connectivity index (χ1v) is 11.2. The van der Waals surface area contributed by atoms with Crippen LogP contribution in [0.4, 0.5) is 13.2 Å². The molecule has 0 atom stereocenters. The van der Waals surface area contributed by atoms with Crippen LogP contribution in [0.5, 0.6) is 0 Å². The van der Waals surface area contributed by atoms with E-state index in [0.717, 1.165) is 17.7 Å². The average molecular weight is 531 g/mol. The first kappa shape index (κ1) is 31.7. The number of methoxy groups -OCH3 is 1. The number of halogens is 3. The van der Waals surface area contributed by atoms with Crippen LogP contribution in [-0.4, -0.2) is 69.0 Å². The molecule has 1 heterocycles. The Bertz CT molecular complexity index is 1180. The standard InChI is InChI=1S/C27H33F3N6O2/c1-9-24(27(28,29)30)11-10-20(3)38-17-19(2)25(15-31-5)26(37-8)35-21(4)23-12-22(13-33-14-23)16-36(7)18-34-32-6/h9-15,18H,1,4,6,16-17H2,2-3,5,7-8H3/b20-10+,24-11+,25-19-,31-15?,34-18-,35-26?. The summed E-state index contributed by atoms with van der Waals surface area (Å²) < 4.78 is 49.8. The Morgan fingerprint density at radius 3 is 2.50 bits per heavy atom. The molecule has 0 saturated carbocycles. The van der Waals surface area contributed by atoms with E-state index in [1.165, 1.54) is 13.2 Å². The monoisotopic (exact) mass is 530 g/mol. The van der Waals surface area contributed by atoms with Crippen LogP contribution in [-0.2, 0) is 16.0 Å². The number of aliphatic imine (C=N–C) groups is 2. The summed E-state index contributed by atoms with van der Waals surface area (Å²) in [6.45, 7) is 14.5. The molecule has 11 heteroatoms. The first-order chi connectivity index (χ1) is 18.0. The Balaban J connectivity index is 3.18. The predicted molar refractivity (Wildman–Crippen MR) is 148 cm³/mol. The van der Waals surface area contributed by atoms with Gasteiger partial charge in [0, 0.05) is 51.5 Å². The summed E-state index contributed by atoms with van der Waals surface area (Å²) in [7, 11) is 4.89. The highest BCUT2D eigenvalue weighted by Crippen LogP contribution is 2.26. The number of nitrogens with zero attached hydrogens (tertiary/aromatic N) is 6. The van der Waals surface area contributed by atoms with E-state index in [-0.39, 0.29) is 18.3 Å². The molecule has 1 aromatic heterocycles. The van der Waals surface area contributed by atoms with Crippen LogP contribution in [0.2, 0.25) is 0 Å². The fraction of sp³-hybridized carbons (Fsp3) is 0.296. The number of hydrogen-bond acceptors (Lipinski definition) is 7. The van der Waals surface area contributed by atoms with E-state index >= 15 is 0 Å². The van der Waals surface area contributed by atoms with E-state index in [9.17, 15) is 13.2 Å². The number of allylic oxidation sites excluding steroid dienone is 5. The molecule has 0 amide bonds. The predicted octanol–water partition coefficient (Wildman–Crippen LogP) is 5.79. The number of aromatic nitrogens is 1. The van der Waals surface area contributed by atoms with Gasteiger partial charge in [-0.1, -0.05) is 19.2 Å². The Morgan fingerprint density at radius 1 is 1.21 bits per heavy atom. The fourth-order valence-corrected chi connectivity index (χ4v) is 2.90. The van der Waals surface area contributed by atoms with Crippen LogP contribution >= 0.6 is 0 Å². The minimum Gasteiger partial charge on any atom is -0.494 e. The van der Waals surface area contributed by atoms with Gasteiger partial charge in [-0.15, -0.1) is 5.10 Å². The van der Waals surface area contributed by atoms with Crippen LogP contribution in [0.1, 0.15) is 25.0 Å². The Labute approximate surface area is 221 Å². The van der Waals surface area contributed by atoms with Gasteiger partial charge in [0.25, 0.3) is 0 Å². The van der Waals surface area contributed by atoms with Crippen molar-refractivity contribution in [1.82, 2.24) is 9.88 Å². The van der Waals surface area contributed by atoms with Crippen LogP contribution in [0.25, 0.3) is 5.70 Å². The summed E-state index contributed by atoms with van der Waals surface area (Å²) in [5.41, 5.74) is 2.34. The van der Waals surface area contributed by atoms with Crippen LogP contribution in [0.15, 0.2) is 92.5 Å². The van der Waals surface area contributed by atoms with Crippen molar-refractivity contribution < 1.29 is 22.6 Å². The summed E-state index contributed by atoms with van der Waals surface area (Å²) in [5, 5.41) is 7.19. The summed E-state index contributed by atoms with van der Waals surface area (Å²) in [6.07, 6.45) is 4.85.